The summed E-state index contributed by atoms with van der Waals surface area (Å²) in [5, 5.41) is 25.5. The summed E-state index contributed by atoms with van der Waals surface area (Å²) < 4.78 is 4.89. The predicted octanol–water partition coefficient (Wildman–Crippen LogP) is 2.61. The lowest BCUT2D eigenvalue weighted by atomic mass is 10.1. The molecule has 0 unspecified atom stereocenters. The Labute approximate surface area is 218 Å². The average molecular weight is 525 g/mol. The highest BCUT2D eigenvalue weighted by molar-refractivity contribution is 8.15. The molecule has 3 rings (SSSR count). The van der Waals surface area contributed by atoms with Gasteiger partial charge >= 0.3 is 0 Å². The Hall–Kier alpha value is -3.80. The van der Waals surface area contributed by atoms with Crippen molar-refractivity contribution in [3.63, 3.8) is 0 Å². The fourth-order valence-corrected chi connectivity index (χ4v) is 3.94. The molecule has 1 heterocycles. The highest BCUT2D eigenvalue weighted by Gasteiger charge is 2.30. The van der Waals surface area contributed by atoms with Gasteiger partial charge in [0.25, 0.3) is 17.7 Å². The van der Waals surface area contributed by atoms with E-state index >= 15 is 0 Å². The van der Waals surface area contributed by atoms with E-state index in [1.807, 2.05) is 26.8 Å². The molecule has 11 heteroatoms. The Morgan fingerprint density at radius 3 is 2.22 bits per heavy atom. The summed E-state index contributed by atoms with van der Waals surface area (Å²) in [6, 6.07) is 13.8. The topological polar surface area (TPSA) is 151 Å². The third-order valence-corrected chi connectivity index (χ3v) is 5.96. The van der Waals surface area contributed by atoms with E-state index in [0.29, 0.717) is 11.3 Å². The maximum atomic E-state index is 12.7. The maximum Gasteiger partial charge on any atom is 0.275 e. The van der Waals surface area contributed by atoms with E-state index in [4.69, 9.17) is 4.74 Å². The third-order valence-electron chi connectivity index (χ3n) is 4.93. The molecule has 0 saturated carbocycles. The van der Waals surface area contributed by atoms with E-state index in [0.717, 1.165) is 29.7 Å². The number of aromatic nitrogens is 2. The summed E-state index contributed by atoms with van der Waals surface area (Å²) in [5.41, 5.74) is 0.788. The number of carbonyl (C=O) groups is 3. The maximum absolute atomic E-state index is 12.7. The number of hydrogen-bond donors (Lipinski definition) is 4. The Kier molecular flexibility index (Phi) is 8.64. The monoisotopic (exact) mass is 524 g/mol. The first-order valence-electron chi connectivity index (χ1n) is 11.2. The predicted molar refractivity (Wildman–Crippen MR) is 138 cm³/mol. The third kappa shape index (κ3) is 7.84. The minimum Gasteiger partial charge on any atom is -0.497 e. The largest absolute Gasteiger partial charge is 0.497 e. The smallest absolute Gasteiger partial charge is 0.275 e. The van der Waals surface area contributed by atoms with Crippen molar-refractivity contribution in [3.05, 3.63) is 89.0 Å². The number of hydrogen-bond acceptors (Lipinski definition) is 9. The van der Waals surface area contributed by atoms with Gasteiger partial charge in [-0.3, -0.25) is 19.7 Å². The lowest BCUT2D eigenvalue weighted by Crippen LogP contribution is -2.46. The van der Waals surface area contributed by atoms with Crippen molar-refractivity contribution >= 4 is 28.7 Å². The van der Waals surface area contributed by atoms with Crippen molar-refractivity contribution in [2.75, 3.05) is 7.11 Å². The van der Waals surface area contributed by atoms with Crippen LogP contribution in [0.1, 0.15) is 63.2 Å². The zero-order valence-corrected chi connectivity index (χ0v) is 21.6. The average Bonchev–Trinajstić information content (AvgIpc) is 2.86. The molecule has 2 aromatic carbocycles. The Morgan fingerprint density at radius 1 is 0.946 bits per heavy atom. The number of nitrogens with one attached hydrogen (secondary N) is 2. The molecule has 0 spiro atoms. The quantitative estimate of drug-likeness (QED) is 0.326. The van der Waals surface area contributed by atoms with Crippen LogP contribution in [0.4, 0.5) is 0 Å². The van der Waals surface area contributed by atoms with Gasteiger partial charge in [0, 0.05) is 28.5 Å². The van der Waals surface area contributed by atoms with Crippen LogP contribution in [0.5, 0.6) is 5.75 Å². The number of thioether (sulfide) groups is 1. The van der Waals surface area contributed by atoms with Crippen LogP contribution in [-0.4, -0.2) is 49.0 Å². The molecule has 4 N–H and O–H groups in total. The molecule has 3 aromatic rings. The summed E-state index contributed by atoms with van der Waals surface area (Å²) in [6.07, 6.45) is 1.03. The first kappa shape index (κ1) is 27.8. The SMILES string of the molecule is COc1cccc(CNC(=O)c2cc(C(=O)NC(O)(O)c3ccc(C(=O)SC(C)(C)C)cc3)ncn2)c1. The first-order valence-corrected chi connectivity index (χ1v) is 12.0. The molecule has 0 atom stereocenters. The number of ether oxygens (including phenoxy) is 1. The molecule has 0 aliphatic carbocycles. The lowest BCUT2D eigenvalue weighted by Gasteiger charge is -2.23. The number of carbonyl (C=O) groups excluding carboxylic acids is 3. The molecule has 10 nitrogen and oxygen atoms in total. The van der Waals surface area contributed by atoms with Crippen LogP contribution in [0, 0.1) is 0 Å². The standard InChI is InChI=1S/C26H28N4O6S/c1-25(2,3)37-24(33)17-8-10-18(11-9-17)26(34,35)30-23(32)21-13-20(28-15-29-21)22(31)27-14-16-6-5-7-19(12-16)36-4/h5-13,15,34-35H,14H2,1-4H3,(H,27,31)(H,30,32). The van der Waals surface area contributed by atoms with Crippen LogP contribution >= 0.6 is 11.8 Å². The van der Waals surface area contributed by atoms with Crippen LogP contribution in [0.3, 0.4) is 0 Å². The normalized spacial score (nSPS) is 11.5. The number of methoxy groups -OCH3 is 1. The molecule has 0 fully saturated rings. The Morgan fingerprint density at radius 2 is 1.59 bits per heavy atom. The number of benzene rings is 2. The molecule has 0 saturated heterocycles. The van der Waals surface area contributed by atoms with Gasteiger partial charge in [-0.15, -0.1) is 0 Å². The van der Waals surface area contributed by atoms with E-state index in [9.17, 15) is 24.6 Å². The highest BCUT2D eigenvalue weighted by Crippen LogP contribution is 2.28. The Bertz CT molecular complexity index is 1290. The zero-order valence-electron chi connectivity index (χ0n) is 20.8. The second-order valence-corrected chi connectivity index (χ2v) is 10.8. The fourth-order valence-electron chi connectivity index (χ4n) is 3.13. The van der Waals surface area contributed by atoms with Crippen LogP contribution in [0.25, 0.3) is 0 Å². The Balaban J connectivity index is 1.66. The van der Waals surface area contributed by atoms with Crippen LogP contribution in [-0.2, 0) is 12.5 Å². The van der Waals surface area contributed by atoms with Crippen molar-refractivity contribution in [1.82, 2.24) is 20.6 Å². The summed E-state index contributed by atoms with van der Waals surface area (Å²) in [6.45, 7) is 5.93. The van der Waals surface area contributed by atoms with Crippen molar-refractivity contribution < 1.29 is 29.3 Å². The molecule has 37 heavy (non-hydrogen) atoms. The number of amides is 2. The number of rotatable bonds is 8. The summed E-state index contributed by atoms with van der Waals surface area (Å²) in [7, 11) is 1.54. The molecule has 0 aliphatic heterocycles. The lowest BCUT2D eigenvalue weighted by molar-refractivity contribution is -0.185. The number of aliphatic hydroxyl groups is 2. The van der Waals surface area contributed by atoms with E-state index in [1.54, 1.807) is 25.3 Å². The van der Waals surface area contributed by atoms with Crippen molar-refractivity contribution in [3.8, 4) is 5.75 Å². The van der Waals surface area contributed by atoms with Gasteiger partial charge in [0.05, 0.1) is 7.11 Å². The van der Waals surface area contributed by atoms with E-state index < -0.39 is 17.7 Å². The van der Waals surface area contributed by atoms with Gasteiger partial charge in [-0.1, -0.05) is 56.8 Å². The van der Waals surface area contributed by atoms with Crippen LogP contribution in [0.15, 0.2) is 60.9 Å². The molecule has 0 radical (unpaired) electrons. The van der Waals surface area contributed by atoms with Gasteiger partial charge in [0.15, 0.2) is 0 Å². The van der Waals surface area contributed by atoms with Crippen molar-refractivity contribution in [1.29, 1.82) is 0 Å². The van der Waals surface area contributed by atoms with Crippen LogP contribution in [0.2, 0.25) is 0 Å². The zero-order chi connectivity index (χ0) is 27.2. The van der Waals surface area contributed by atoms with Crippen LogP contribution < -0.4 is 15.4 Å². The van der Waals surface area contributed by atoms with Gasteiger partial charge in [-0.05, 0) is 29.8 Å². The summed E-state index contributed by atoms with van der Waals surface area (Å²) in [4.78, 5) is 45.3. The summed E-state index contributed by atoms with van der Waals surface area (Å²) >= 11 is 1.15. The fraction of sp³-hybridized carbons (Fsp3) is 0.269. The summed E-state index contributed by atoms with van der Waals surface area (Å²) in [5.74, 6) is -3.60. The molecule has 1 aromatic heterocycles. The molecule has 2 amide bonds. The molecular formula is C26H28N4O6S. The van der Waals surface area contributed by atoms with Gasteiger partial charge in [-0.2, -0.15) is 0 Å². The number of nitrogens with zero attached hydrogens (tertiary/aromatic N) is 2. The van der Waals surface area contributed by atoms with E-state index in [-0.39, 0.29) is 33.4 Å². The van der Waals surface area contributed by atoms with Gasteiger partial charge in [0.1, 0.15) is 23.5 Å². The van der Waals surface area contributed by atoms with Crippen molar-refractivity contribution in [2.24, 2.45) is 0 Å². The van der Waals surface area contributed by atoms with Gasteiger partial charge in [0.2, 0.25) is 5.12 Å². The molecule has 0 aliphatic rings. The van der Waals surface area contributed by atoms with E-state index in [1.165, 1.54) is 24.3 Å². The second-order valence-electron chi connectivity index (χ2n) is 9.03. The minimum absolute atomic E-state index is 0.0662. The molecular weight excluding hydrogens is 496 g/mol. The molecule has 0 bridgehead atoms. The first-order chi connectivity index (χ1) is 17.4. The second kappa shape index (κ2) is 11.5. The van der Waals surface area contributed by atoms with E-state index in [2.05, 4.69) is 20.6 Å². The van der Waals surface area contributed by atoms with Gasteiger partial charge in [-0.25, -0.2) is 9.97 Å². The minimum atomic E-state index is -2.75. The van der Waals surface area contributed by atoms with Gasteiger partial charge < -0.3 is 20.3 Å². The molecule has 194 valence electrons. The highest BCUT2D eigenvalue weighted by atomic mass is 32.2. The van der Waals surface area contributed by atoms with Crippen molar-refractivity contribution in [2.45, 2.75) is 38.0 Å².